The third-order valence-corrected chi connectivity index (χ3v) is 2.71. The van der Waals surface area contributed by atoms with E-state index in [1.165, 1.54) is 6.07 Å². The van der Waals surface area contributed by atoms with Crippen LogP contribution < -0.4 is 10.2 Å². The second-order valence-corrected chi connectivity index (χ2v) is 4.42. The Bertz CT molecular complexity index is 462. The highest BCUT2D eigenvalue weighted by Crippen LogP contribution is 2.30. The van der Waals surface area contributed by atoms with Crippen molar-refractivity contribution < 1.29 is 22.8 Å². The molecule has 3 nitrogen and oxygen atoms in total. The Morgan fingerprint density at radius 3 is 2.56 bits per heavy atom. The van der Waals surface area contributed by atoms with Crippen molar-refractivity contribution in [1.82, 2.24) is 0 Å². The molecule has 1 aliphatic rings. The summed E-state index contributed by atoms with van der Waals surface area (Å²) in [6.07, 6.45) is 0. The number of ether oxygens (including phenoxy) is 1. The van der Waals surface area contributed by atoms with Crippen molar-refractivity contribution in [1.29, 1.82) is 0 Å². The number of hydrogen-bond donors (Lipinski definition) is 0. The van der Waals surface area contributed by atoms with Gasteiger partial charge >= 0.3 is 13.7 Å². The minimum atomic E-state index is -2.89. The molecule has 0 radical (unpaired) electrons. The molecule has 0 spiro atoms. The molecule has 0 amide bonds. The van der Waals surface area contributed by atoms with E-state index in [-0.39, 0.29) is 5.75 Å². The summed E-state index contributed by atoms with van der Waals surface area (Å²) in [4.78, 5) is 0. The van der Waals surface area contributed by atoms with Gasteiger partial charge in [0.1, 0.15) is 11.4 Å². The van der Waals surface area contributed by atoms with E-state index in [9.17, 15) is 8.78 Å². The standard InChI is InChI=1S/C12H13BF2O3/c1-8-12(2,3)18-13(17-8)9-6-4-5-7-10(9)16-11(14)15/h4-7,11H,1H2,2-3H3. The van der Waals surface area contributed by atoms with E-state index in [4.69, 9.17) is 9.31 Å². The smallest absolute Gasteiger partial charge is 0.534 e. The van der Waals surface area contributed by atoms with Crippen molar-refractivity contribution in [3.63, 3.8) is 0 Å². The largest absolute Gasteiger partial charge is 0.567 e. The van der Waals surface area contributed by atoms with E-state index in [2.05, 4.69) is 11.3 Å². The van der Waals surface area contributed by atoms with Crippen molar-refractivity contribution >= 4 is 12.6 Å². The van der Waals surface area contributed by atoms with Gasteiger partial charge in [-0.1, -0.05) is 24.8 Å². The second-order valence-electron chi connectivity index (χ2n) is 4.42. The summed E-state index contributed by atoms with van der Waals surface area (Å²) in [5.74, 6) is 0.502. The van der Waals surface area contributed by atoms with Gasteiger partial charge in [-0.2, -0.15) is 8.78 Å². The molecule has 1 saturated heterocycles. The van der Waals surface area contributed by atoms with Crippen molar-refractivity contribution in [2.45, 2.75) is 26.1 Å². The summed E-state index contributed by atoms with van der Waals surface area (Å²) in [5.41, 5.74) is -0.229. The fourth-order valence-electron chi connectivity index (χ4n) is 1.63. The summed E-state index contributed by atoms with van der Waals surface area (Å²) in [6.45, 7) is 4.45. The molecule has 0 unspecified atom stereocenters. The predicted molar refractivity (Wildman–Crippen MR) is 63.9 cm³/mol. The van der Waals surface area contributed by atoms with Gasteiger partial charge < -0.3 is 14.0 Å². The fraction of sp³-hybridized carbons (Fsp3) is 0.333. The zero-order chi connectivity index (χ0) is 13.3. The zero-order valence-electron chi connectivity index (χ0n) is 10.2. The average molecular weight is 254 g/mol. The lowest BCUT2D eigenvalue weighted by Crippen LogP contribution is -2.35. The summed E-state index contributed by atoms with van der Waals surface area (Å²) in [5, 5.41) is 0. The first-order valence-electron chi connectivity index (χ1n) is 5.48. The van der Waals surface area contributed by atoms with E-state index >= 15 is 0 Å². The van der Waals surface area contributed by atoms with Gasteiger partial charge in [0.2, 0.25) is 0 Å². The first kappa shape index (κ1) is 12.9. The third kappa shape index (κ3) is 2.48. The number of alkyl halides is 2. The van der Waals surface area contributed by atoms with Gasteiger partial charge in [-0.05, 0) is 19.9 Å². The van der Waals surface area contributed by atoms with E-state index < -0.39 is 19.3 Å². The predicted octanol–water partition coefficient (Wildman–Crippen LogP) is 2.32. The second kappa shape index (κ2) is 4.61. The fourth-order valence-corrected chi connectivity index (χ4v) is 1.63. The Balaban J connectivity index is 2.27. The van der Waals surface area contributed by atoms with Crippen LogP contribution in [0.1, 0.15) is 13.8 Å². The maximum absolute atomic E-state index is 12.3. The lowest BCUT2D eigenvalue weighted by molar-refractivity contribution is -0.0492. The molecule has 18 heavy (non-hydrogen) atoms. The van der Waals surface area contributed by atoms with Crippen LogP contribution in [0.4, 0.5) is 8.78 Å². The molecule has 6 heteroatoms. The van der Waals surface area contributed by atoms with Crippen LogP contribution in [0, 0.1) is 0 Å². The van der Waals surface area contributed by atoms with Gasteiger partial charge in [-0.3, -0.25) is 0 Å². The highest BCUT2D eigenvalue weighted by molar-refractivity contribution is 6.63. The van der Waals surface area contributed by atoms with Crippen LogP contribution in [-0.4, -0.2) is 19.3 Å². The molecule has 1 fully saturated rings. The Hall–Kier alpha value is -1.56. The monoisotopic (exact) mass is 254 g/mol. The van der Waals surface area contributed by atoms with Crippen LogP contribution in [0.15, 0.2) is 36.6 Å². The molecule has 96 valence electrons. The minimum absolute atomic E-state index is 0.0444. The first-order chi connectivity index (χ1) is 8.40. The number of para-hydroxylation sites is 1. The molecular formula is C12H13BF2O3. The Morgan fingerprint density at radius 1 is 1.33 bits per heavy atom. The molecule has 0 atom stereocenters. The summed E-state index contributed by atoms with van der Waals surface area (Å²) in [7, 11) is -0.776. The molecule has 0 saturated carbocycles. The van der Waals surface area contributed by atoms with Crippen LogP contribution in [0.5, 0.6) is 5.75 Å². The van der Waals surface area contributed by atoms with Crippen LogP contribution >= 0.6 is 0 Å². The van der Waals surface area contributed by atoms with Crippen molar-refractivity contribution in [3.8, 4) is 5.75 Å². The molecule has 1 aliphatic heterocycles. The van der Waals surface area contributed by atoms with Crippen LogP contribution in [0.2, 0.25) is 0 Å². The van der Waals surface area contributed by atoms with Gasteiger partial charge in [0.25, 0.3) is 0 Å². The van der Waals surface area contributed by atoms with Crippen molar-refractivity contribution in [2.75, 3.05) is 0 Å². The van der Waals surface area contributed by atoms with Gasteiger partial charge in [-0.15, -0.1) is 0 Å². The maximum Gasteiger partial charge on any atom is 0.567 e. The first-order valence-corrected chi connectivity index (χ1v) is 5.48. The van der Waals surface area contributed by atoms with Crippen molar-refractivity contribution in [3.05, 3.63) is 36.6 Å². The summed E-state index contributed by atoms with van der Waals surface area (Å²) < 4.78 is 40.1. The molecule has 0 aromatic heterocycles. The summed E-state index contributed by atoms with van der Waals surface area (Å²) >= 11 is 0. The van der Waals surface area contributed by atoms with Crippen LogP contribution in [0.25, 0.3) is 0 Å². The topological polar surface area (TPSA) is 27.7 Å². The Labute approximate surface area is 104 Å². The quantitative estimate of drug-likeness (QED) is 0.774. The van der Waals surface area contributed by atoms with Crippen molar-refractivity contribution in [2.24, 2.45) is 0 Å². The third-order valence-electron chi connectivity index (χ3n) is 2.71. The molecule has 1 aromatic carbocycles. The minimum Gasteiger partial charge on any atom is -0.534 e. The molecule has 0 N–H and O–H groups in total. The number of rotatable bonds is 3. The number of benzene rings is 1. The normalized spacial score (nSPS) is 18.1. The molecule has 1 aromatic rings. The lowest BCUT2D eigenvalue weighted by atomic mass is 9.78. The number of halogens is 2. The Morgan fingerprint density at radius 2 is 2.00 bits per heavy atom. The van der Waals surface area contributed by atoms with E-state index in [0.717, 1.165) is 0 Å². The summed E-state index contributed by atoms with van der Waals surface area (Å²) in [6, 6.07) is 6.38. The lowest BCUT2D eigenvalue weighted by Gasteiger charge is -2.16. The average Bonchev–Trinajstić information content (AvgIpc) is 2.53. The molecule has 2 rings (SSSR count). The van der Waals surface area contributed by atoms with Gasteiger partial charge in [-0.25, -0.2) is 0 Å². The van der Waals surface area contributed by atoms with Gasteiger partial charge in [0.05, 0.1) is 5.76 Å². The van der Waals surface area contributed by atoms with E-state index in [1.807, 2.05) is 0 Å². The molecule has 0 bridgehead atoms. The molecule has 1 heterocycles. The van der Waals surface area contributed by atoms with Crippen LogP contribution in [0.3, 0.4) is 0 Å². The van der Waals surface area contributed by atoms with Gasteiger partial charge in [0.15, 0.2) is 0 Å². The highest BCUT2D eigenvalue weighted by Gasteiger charge is 2.44. The Kier molecular flexibility index (Phi) is 3.30. The molecular weight excluding hydrogens is 241 g/mol. The van der Waals surface area contributed by atoms with Gasteiger partial charge in [0, 0.05) is 5.46 Å². The maximum atomic E-state index is 12.3. The SMILES string of the molecule is C=C1OB(c2ccccc2OC(F)F)OC1(C)C. The van der Waals surface area contributed by atoms with E-state index in [0.29, 0.717) is 11.2 Å². The molecule has 0 aliphatic carbocycles. The highest BCUT2D eigenvalue weighted by atomic mass is 19.3. The zero-order valence-corrected chi connectivity index (χ0v) is 10.2. The number of hydrogen-bond acceptors (Lipinski definition) is 3. The van der Waals surface area contributed by atoms with E-state index in [1.54, 1.807) is 32.0 Å². The van der Waals surface area contributed by atoms with Crippen LogP contribution in [-0.2, 0) is 9.31 Å².